The van der Waals surface area contributed by atoms with Crippen LogP contribution in [0.3, 0.4) is 0 Å². The lowest BCUT2D eigenvalue weighted by Crippen LogP contribution is -2.42. The molecule has 2 aromatic rings. The molecule has 2 rings (SSSR count). The van der Waals surface area contributed by atoms with Crippen molar-refractivity contribution in [2.24, 2.45) is 0 Å². The largest absolute Gasteiger partial charge is 0.497 e. The first-order valence-corrected chi connectivity index (χ1v) is 8.72. The van der Waals surface area contributed by atoms with Gasteiger partial charge in [-0.25, -0.2) is 8.42 Å². The van der Waals surface area contributed by atoms with Crippen LogP contribution in [0, 0.1) is 0 Å². The third kappa shape index (κ3) is 4.56. The first kappa shape index (κ1) is 18.0. The predicted molar refractivity (Wildman–Crippen MR) is 89.3 cm³/mol. The molecule has 0 saturated carbocycles. The van der Waals surface area contributed by atoms with E-state index in [9.17, 15) is 13.2 Å². The summed E-state index contributed by atoms with van der Waals surface area (Å²) in [6.07, 6.45) is 0.197. The van der Waals surface area contributed by atoms with Gasteiger partial charge >= 0.3 is 5.97 Å². The SMILES string of the molecule is COC(=O)[C@H](Cc1ccccc1)NS(=O)(=O)c1ccc(OC)cc1. The standard InChI is InChI=1S/C17H19NO5S/c1-22-14-8-10-15(11-9-14)24(20,21)18-16(17(19)23-2)12-13-6-4-3-5-7-13/h3-11,16,18H,12H2,1-2H3/t16-/m0/s1. The van der Waals surface area contributed by atoms with Gasteiger partial charge in [-0.3, -0.25) is 4.79 Å². The molecule has 0 aliphatic rings. The molecular weight excluding hydrogens is 330 g/mol. The van der Waals surface area contributed by atoms with Crippen LogP contribution in [0.4, 0.5) is 0 Å². The van der Waals surface area contributed by atoms with Gasteiger partial charge in [-0.2, -0.15) is 4.72 Å². The minimum absolute atomic E-state index is 0.0465. The molecule has 2 aromatic carbocycles. The predicted octanol–water partition coefficient (Wildman–Crippen LogP) is 1.76. The van der Waals surface area contributed by atoms with E-state index in [-0.39, 0.29) is 11.3 Å². The highest BCUT2D eigenvalue weighted by Gasteiger charge is 2.26. The highest BCUT2D eigenvalue weighted by atomic mass is 32.2. The fourth-order valence-electron chi connectivity index (χ4n) is 2.18. The Labute approximate surface area is 141 Å². The van der Waals surface area contributed by atoms with E-state index in [4.69, 9.17) is 9.47 Å². The van der Waals surface area contributed by atoms with Gasteiger partial charge in [0.25, 0.3) is 0 Å². The number of sulfonamides is 1. The molecule has 0 unspecified atom stereocenters. The summed E-state index contributed by atoms with van der Waals surface area (Å²) in [6.45, 7) is 0. The summed E-state index contributed by atoms with van der Waals surface area (Å²) < 4.78 is 37.1. The molecule has 6 nitrogen and oxygen atoms in total. The Kier molecular flexibility index (Phi) is 5.94. The summed E-state index contributed by atoms with van der Waals surface area (Å²) in [4.78, 5) is 12.0. The Morgan fingerprint density at radius 1 is 1.04 bits per heavy atom. The Morgan fingerprint density at radius 2 is 1.67 bits per heavy atom. The molecule has 0 saturated heterocycles. The lowest BCUT2D eigenvalue weighted by molar-refractivity contribution is -0.142. The van der Waals surface area contributed by atoms with Crippen LogP contribution >= 0.6 is 0 Å². The lowest BCUT2D eigenvalue weighted by Gasteiger charge is -2.17. The van der Waals surface area contributed by atoms with Crippen LogP contribution in [-0.4, -0.2) is 34.6 Å². The first-order chi connectivity index (χ1) is 11.5. The molecule has 0 aliphatic carbocycles. The summed E-state index contributed by atoms with van der Waals surface area (Å²) in [5, 5.41) is 0. The molecule has 0 aromatic heterocycles. The first-order valence-electron chi connectivity index (χ1n) is 7.24. The van der Waals surface area contributed by atoms with Crippen molar-refractivity contribution in [1.29, 1.82) is 0 Å². The van der Waals surface area contributed by atoms with Crippen LogP contribution in [0.15, 0.2) is 59.5 Å². The maximum atomic E-state index is 12.5. The maximum Gasteiger partial charge on any atom is 0.324 e. The minimum Gasteiger partial charge on any atom is -0.497 e. The number of rotatable bonds is 7. The van der Waals surface area contributed by atoms with Gasteiger partial charge in [0.1, 0.15) is 11.8 Å². The van der Waals surface area contributed by atoms with E-state index < -0.39 is 22.0 Å². The van der Waals surface area contributed by atoms with Crippen molar-refractivity contribution in [3.8, 4) is 5.75 Å². The smallest absolute Gasteiger partial charge is 0.324 e. The topological polar surface area (TPSA) is 81.7 Å². The summed E-state index contributed by atoms with van der Waals surface area (Å²) in [7, 11) is -1.15. The van der Waals surface area contributed by atoms with Gasteiger partial charge in [-0.05, 0) is 36.2 Å². The zero-order valence-corrected chi connectivity index (χ0v) is 14.2. The number of ether oxygens (including phenoxy) is 2. The third-order valence-electron chi connectivity index (χ3n) is 3.44. The molecular formula is C17H19NO5S. The van der Waals surface area contributed by atoms with Crippen LogP contribution in [0.2, 0.25) is 0 Å². The Bertz CT molecular complexity index is 772. The molecule has 0 fully saturated rings. The van der Waals surface area contributed by atoms with Gasteiger partial charge < -0.3 is 9.47 Å². The fraction of sp³-hybridized carbons (Fsp3) is 0.235. The number of esters is 1. The molecule has 1 N–H and O–H groups in total. The normalized spacial score (nSPS) is 12.4. The number of carbonyl (C=O) groups is 1. The molecule has 128 valence electrons. The number of nitrogens with one attached hydrogen (secondary N) is 1. The van der Waals surface area contributed by atoms with Crippen LogP contribution in [0.1, 0.15) is 5.56 Å². The van der Waals surface area contributed by atoms with Gasteiger partial charge in [0.2, 0.25) is 10.0 Å². The Balaban J connectivity index is 2.22. The van der Waals surface area contributed by atoms with Gasteiger partial charge in [0, 0.05) is 0 Å². The lowest BCUT2D eigenvalue weighted by atomic mass is 10.1. The molecule has 24 heavy (non-hydrogen) atoms. The second-order valence-electron chi connectivity index (χ2n) is 5.06. The Hall–Kier alpha value is -2.38. The summed E-state index contributed by atoms with van der Waals surface area (Å²) in [5.74, 6) is -0.0984. The van der Waals surface area contributed by atoms with E-state index in [1.807, 2.05) is 30.3 Å². The number of hydrogen-bond acceptors (Lipinski definition) is 5. The van der Waals surface area contributed by atoms with Gasteiger partial charge in [0.05, 0.1) is 19.1 Å². The zero-order chi connectivity index (χ0) is 17.6. The van der Waals surface area contributed by atoms with E-state index in [1.54, 1.807) is 12.1 Å². The monoisotopic (exact) mass is 349 g/mol. The van der Waals surface area contributed by atoms with Crippen LogP contribution in [0.5, 0.6) is 5.75 Å². The highest BCUT2D eigenvalue weighted by Crippen LogP contribution is 2.16. The maximum absolute atomic E-state index is 12.5. The quantitative estimate of drug-likeness (QED) is 0.770. The van der Waals surface area contributed by atoms with E-state index >= 15 is 0 Å². The van der Waals surface area contributed by atoms with Gasteiger partial charge in [-0.15, -0.1) is 0 Å². The third-order valence-corrected chi connectivity index (χ3v) is 4.92. The highest BCUT2D eigenvalue weighted by molar-refractivity contribution is 7.89. The van der Waals surface area contributed by atoms with Crippen molar-refractivity contribution in [1.82, 2.24) is 4.72 Å². The minimum atomic E-state index is -3.87. The van der Waals surface area contributed by atoms with Crippen molar-refractivity contribution in [3.05, 3.63) is 60.2 Å². The molecule has 0 bridgehead atoms. The van der Waals surface area contributed by atoms with Crippen LogP contribution < -0.4 is 9.46 Å². The van der Waals surface area contributed by atoms with Gasteiger partial charge in [-0.1, -0.05) is 30.3 Å². The van der Waals surface area contributed by atoms with Crippen molar-refractivity contribution in [3.63, 3.8) is 0 Å². The van der Waals surface area contributed by atoms with E-state index in [0.29, 0.717) is 5.75 Å². The van der Waals surface area contributed by atoms with Crippen molar-refractivity contribution in [2.45, 2.75) is 17.4 Å². The number of carbonyl (C=O) groups excluding carboxylic acids is 1. The van der Waals surface area contributed by atoms with Crippen molar-refractivity contribution >= 4 is 16.0 Å². The van der Waals surface area contributed by atoms with Crippen molar-refractivity contribution < 1.29 is 22.7 Å². The number of methoxy groups -OCH3 is 2. The van der Waals surface area contributed by atoms with E-state index in [0.717, 1.165) is 5.56 Å². The molecule has 0 amide bonds. The van der Waals surface area contributed by atoms with Gasteiger partial charge in [0.15, 0.2) is 0 Å². The van der Waals surface area contributed by atoms with Crippen molar-refractivity contribution in [2.75, 3.05) is 14.2 Å². The summed E-state index contributed by atoms with van der Waals surface area (Å²) in [6, 6.07) is 14.0. The zero-order valence-electron chi connectivity index (χ0n) is 13.4. The average Bonchev–Trinajstić information content (AvgIpc) is 2.61. The van der Waals surface area contributed by atoms with Crippen LogP contribution in [-0.2, 0) is 26.0 Å². The number of benzene rings is 2. The molecule has 7 heteroatoms. The molecule has 0 radical (unpaired) electrons. The second-order valence-corrected chi connectivity index (χ2v) is 6.78. The summed E-state index contributed by atoms with van der Waals surface area (Å²) in [5.41, 5.74) is 0.824. The van der Waals surface area contributed by atoms with Crippen LogP contribution in [0.25, 0.3) is 0 Å². The molecule has 1 atom stereocenters. The molecule has 0 heterocycles. The fourth-order valence-corrected chi connectivity index (χ4v) is 3.36. The molecule has 0 aliphatic heterocycles. The second kappa shape index (κ2) is 7.94. The number of hydrogen-bond donors (Lipinski definition) is 1. The van der Waals surface area contributed by atoms with E-state index in [1.165, 1.54) is 26.4 Å². The van der Waals surface area contributed by atoms with E-state index in [2.05, 4.69) is 4.72 Å². The summed E-state index contributed by atoms with van der Waals surface area (Å²) >= 11 is 0. The Morgan fingerprint density at radius 3 is 2.21 bits per heavy atom. The molecule has 0 spiro atoms. The average molecular weight is 349 g/mol.